The SMILES string of the molecule is COc1c2cc(C#N)c(=O)oc2cc2oc(C)cc(=O)c12. The highest BCUT2D eigenvalue weighted by molar-refractivity contribution is 6.01. The third kappa shape index (κ3) is 1.87. The number of rotatable bonds is 1. The van der Waals surface area contributed by atoms with E-state index in [1.807, 2.05) is 0 Å². The Labute approximate surface area is 117 Å². The Balaban J connectivity index is 2.63. The zero-order chi connectivity index (χ0) is 15.1. The Morgan fingerprint density at radius 3 is 2.57 bits per heavy atom. The van der Waals surface area contributed by atoms with Gasteiger partial charge in [-0.1, -0.05) is 0 Å². The Hall–Kier alpha value is -3.07. The van der Waals surface area contributed by atoms with E-state index in [1.165, 1.54) is 25.3 Å². The maximum Gasteiger partial charge on any atom is 0.354 e. The number of hydrogen-bond donors (Lipinski definition) is 0. The van der Waals surface area contributed by atoms with E-state index in [4.69, 9.17) is 18.8 Å². The standard InChI is InChI=1S/C15H9NO5/c1-7-3-10(17)13-12(20-7)5-11-9(14(13)19-2)4-8(6-16)15(18)21-11/h3-5H,1-2H3. The van der Waals surface area contributed by atoms with Crippen molar-refractivity contribution in [2.45, 2.75) is 6.92 Å². The molecule has 0 amide bonds. The van der Waals surface area contributed by atoms with E-state index in [2.05, 4.69) is 0 Å². The minimum atomic E-state index is -0.749. The smallest absolute Gasteiger partial charge is 0.354 e. The number of ether oxygens (including phenoxy) is 1. The predicted molar refractivity (Wildman–Crippen MR) is 74.5 cm³/mol. The molecule has 0 spiro atoms. The van der Waals surface area contributed by atoms with Gasteiger partial charge in [0, 0.05) is 12.1 Å². The number of fused-ring (bicyclic) bond motifs is 2. The molecule has 6 heteroatoms. The molecule has 0 bridgehead atoms. The topological polar surface area (TPSA) is 93.4 Å². The summed E-state index contributed by atoms with van der Waals surface area (Å²) >= 11 is 0. The highest BCUT2D eigenvalue weighted by atomic mass is 16.5. The van der Waals surface area contributed by atoms with Gasteiger partial charge in [0.2, 0.25) is 0 Å². The van der Waals surface area contributed by atoms with Crippen molar-refractivity contribution in [2.75, 3.05) is 7.11 Å². The summed E-state index contributed by atoms with van der Waals surface area (Å²) in [5, 5.41) is 9.53. The van der Waals surface area contributed by atoms with E-state index in [0.717, 1.165) is 0 Å². The molecule has 0 N–H and O–H groups in total. The summed E-state index contributed by atoms with van der Waals surface area (Å²) in [7, 11) is 1.39. The van der Waals surface area contributed by atoms with Crippen LogP contribution in [-0.4, -0.2) is 7.11 Å². The molecule has 0 unspecified atom stereocenters. The molecule has 3 rings (SSSR count). The van der Waals surface area contributed by atoms with Crippen LogP contribution in [0.15, 0.2) is 36.6 Å². The summed E-state index contributed by atoms with van der Waals surface area (Å²) in [5.41, 5.74) is -0.718. The summed E-state index contributed by atoms with van der Waals surface area (Å²) in [6.45, 7) is 1.65. The molecule has 0 saturated heterocycles. The highest BCUT2D eigenvalue weighted by Gasteiger charge is 2.17. The van der Waals surface area contributed by atoms with Gasteiger partial charge in [-0.25, -0.2) is 4.79 Å². The van der Waals surface area contributed by atoms with Gasteiger partial charge in [-0.15, -0.1) is 0 Å². The van der Waals surface area contributed by atoms with Crippen molar-refractivity contribution in [1.82, 2.24) is 0 Å². The van der Waals surface area contributed by atoms with E-state index >= 15 is 0 Å². The summed E-state index contributed by atoms with van der Waals surface area (Å²) in [5.74, 6) is 0.654. The van der Waals surface area contributed by atoms with Gasteiger partial charge < -0.3 is 13.6 Å². The Kier molecular flexibility index (Phi) is 2.77. The van der Waals surface area contributed by atoms with Gasteiger partial charge in [-0.2, -0.15) is 5.26 Å². The minimum absolute atomic E-state index is 0.156. The first-order chi connectivity index (χ1) is 10.0. The van der Waals surface area contributed by atoms with Crippen LogP contribution in [-0.2, 0) is 0 Å². The molecule has 0 fully saturated rings. The van der Waals surface area contributed by atoms with E-state index in [9.17, 15) is 9.59 Å². The van der Waals surface area contributed by atoms with Crippen molar-refractivity contribution in [3.8, 4) is 11.8 Å². The van der Waals surface area contributed by atoms with Crippen molar-refractivity contribution in [3.63, 3.8) is 0 Å². The van der Waals surface area contributed by atoms with Crippen LogP contribution in [0.1, 0.15) is 11.3 Å². The van der Waals surface area contributed by atoms with Crippen LogP contribution < -0.4 is 15.8 Å². The lowest BCUT2D eigenvalue weighted by Gasteiger charge is -2.08. The fourth-order valence-electron chi connectivity index (χ4n) is 2.27. The molecular weight excluding hydrogens is 274 g/mol. The van der Waals surface area contributed by atoms with Gasteiger partial charge in [-0.3, -0.25) is 4.79 Å². The summed E-state index contributed by atoms with van der Waals surface area (Å²) < 4.78 is 15.8. The van der Waals surface area contributed by atoms with Crippen LogP contribution in [0.5, 0.6) is 5.75 Å². The molecule has 2 heterocycles. The first-order valence-electron chi connectivity index (χ1n) is 6.04. The Bertz CT molecular complexity index is 1040. The second-order valence-corrected chi connectivity index (χ2v) is 4.48. The second kappa shape index (κ2) is 4.49. The van der Waals surface area contributed by atoms with E-state index in [0.29, 0.717) is 11.1 Å². The molecule has 0 saturated carbocycles. The number of hydrogen-bond acceptors (Lipinski definition) is 6. The molecule has 0 aliphatic rings. The van der Waals surface area contributed by atoms with Gasteiger partial charge in [-0.05, 0) is 13.0 Å². The van der Waals surface area contributed by atoms with Crippen LogP contribution in [0.25, 0.3) is 21.9 Å². The fourth-order valence-corrected chi connectivity index (χ4v) is 2.27. The number of aryl methyl sites for hydroxylation is 1. The van der Waals surface area contributed by atoms with Gasteiger partial charge in [0.25, 0.3) is 0 Å². The van der Waals surface area contributed by atoms with Crippen LogP contribution in [0.3, 0.4) is 0 Å². The first kappa shape index (κ1) is 12.9. The molecule has 104 valence electrons. The number of benzene rings is 1. The first-order valence-corrected chi connectivity index (χ1v) is 6.04. The minimum Gasteiger partial charge on any atom is -0.495 e. The molecule has 6 nitrogen and oxygen atoms in total. The normalized spacial score (nSPS) is 10.7. The van der Waals surface area contributed by atoms with E-state index < -0.39 is 5.63 Å². The molecule has 0 aliphatic carbocycles. The molecule has 0 aliphatic heterocycles. The van der Waals surface area contributed by atoms with Crippen molar-refractivity contribution in [3.05, 3.63) is 50.2 Å². The zero-order valence-electron chi connectivity index (χ0n) is 11.2. The Morgan fingerprint density at radius 2 is 1.90 bits per heavy atom. The largest absolute Gasteiger partial charge is 0.495 e. The molecule has 1 aromatic carbocycles. The van der Waals surface area contributed by atoms with Gasteiger partial charge in [0.05, 0.1) is 12.5 Å². The second-order valence-electron chi connectivity index (χ2n) is 4.48. The maximum atomic E-state index is 12.1. The lowest BCUT2D eigenvalue weighted by atomic mass is 10.1. The number of nitrogens with zero attached hydrogens (tertiary/aromatic N) is 1. The quantitative estimate of drug-likeness (QED) is 0.501. The average Bonchev–Trinajstić information content (AvgIpc) is 2.44. The average molecular weight is 283 g/mol. The van der Waals surface area contributed by atoms with Gasteiger partial charge >= 0.3 is 5.63 Å². The third-order valence-corrected chi connectivity index (χ3v) is 3.13. The molecule has 0 radical (unpaired) electrons. The van der Waals surface area contributed by atoms with Crippen LogP contribution in [0, 0.1) is 18.3 Å². The monoisotopic (exact) mass is 283 g/mol. The molecule has 21 heavy (non-hydrogen) atoms. The van der Waals surface area contributed by atoms with Crippen molar-refractivity contribution in [1.29, 1.82) is 5.26 Å². The third-order valence-electron chi connectivity index (χ3n) is 3.13. The zero-order valence-corrected chi connectivity index (χ0v) is 11.2. The van der Waals surface area contributed by atoms with Gasteiger partial charge in [0.15, 0.2) is 5.43 Å². The molecule has 2 aromatic heterocycles. The van der Waals surface area contributed by atoms with E-state index in [-0.39, 0.29) is 33.3 Å². The fraction of sp³-hybridized carbons (Fsp3) is 0.133. The van der Waals surface area contributed by atoms with Crippen LogP contribution in [0.2, 0.25) is 0 Å². The molecule has 3 aromatic rings. The maximum absolute atomic E-state index is 12.1. The predicted octanol–water partition coefficient (Wildman–Crippen LogP) is 2.09. The number of nitriles is 1. The summed E-state index contributed by atoms with van der Waals surface area (Å²) in [6, 6.07) is 5.89. The summed E-state index contributed by atoms with van der Waals surface area (Å²) in [4.78, 5) is 23.8. The van der Waals surface area contributed by atoms with E-state index in [1.54, 1.807) is 13.0 Å². The highest BCUT2D eigenvalue weighted by Crippen LogP contribution is 2.32. The van der Waals surface area contributed by atoms with Gasteiger partial charge in [0.1, 0.15) is 39.7 Å². The molecular formula is C15H9NO5. The van der Waals surface area contributed by atoms with Crippen molar-refractivity contribution in [2.24, 2.45) is 0 Å². The summed E-state index contributed by atoms with van der Waals surface area (Å²) in [6.07, 6.45) is 0. The Morgan fingerprint density at radius 1 is 1.14 bits per heavy atom. The van der Waals surface area contributed by atoms with Crippen molar-refractivity contribution >= 4 is 21.9 Å². The lowest BCUT2D eigenvalue weighted by Crippen LogP contribution is -2.06. The molecule has 0 atom stereocenters. The van der Waals surface area contributed by atoms with Crippen LogP contribution >= 0.6 is 0 Å². The lowest BCUT2D eigenvalue weighted by molar-refractivity contribution is 0.422. The number of methoxy groups -OCH3 is 1. The van der Waals surface area contributed by atoms with Crippen LogP contribution in [0.4, 0.5) is 0 Å². The van der Waals surface area contributed by atoms with Crippen molar-refractivity contribution < 1.29 is 13.6 Å².